The maximum atomic E-state index is 14.4. The van der Waals surface area contributed by atoms with Crippen LogP contribution < -0.4 is 4.74 Å². The van der Waals surface area contributed by atoms with Crippen molar-refractivity contribution in [1.82, 2.24) is 14.5 Å². The van der Waals surface area contributed by atoms with Crippen molar-refractivity contribution in [2.75, 3.05) is 41.0 Å². The predicted molar refractivity (Wildman–Crippen MR) is 118 cm³/mol. The molecule has 1 aromatic carbocycles. The van der Waals surface area contributed by atoms with Crippen molar-refractivity contribution in [3.63, 3.8) is 0 Å². The van der Waals surface area contributed by atoms with Gasteiger partial charge in [0.25, 0.3) is 0 Å². The Hall–Kier alpha value is -2.43. The average molecular weight is 471 g/mol. The molecule has 0 bridgehead atoms. The number of aromatic nitrogens is 2. The fourth-order valence-electron chi connectivity index (χ4n) is 4.34. The Kier molecular flexibility index (Phi) is 7.81. The summed E-state index contributed by atoms with van der Waals surface area (Å²) >= 11 is 0. The summed E-state index contributed by atoms with van der Waals surface area (Å²) in [7, 11) is 4.53. The summed E-state index contributed by atoms with van der Waals surface area (Å²) in [6.45, 7) is 5.92. The first-order chi connectivity index (χ1) is 15.8. The fraction of sp³-hybridized carbons (Fsp3) is 0.522. The largest absolute Gasteiger partial charge is 0.494 e. The molecule has 2 atom stereocenters. The topological polar surface area (TPSA) is 48.8 Å². The Labute approximate surface area is 190 Å². The third-order valence-electron chi connectivity index (χ3n) is 5.85. The van der Waals surface area contributed by atoms with Crippen LogP contribution >= 0.6 is 0 Å². The molecule has 33 heavy (non-hydrogen) atoms. The van der Waals surface area contributed by atoms with Crippen LogP contribution in [0.25, 0.3) is 21.8 Å². The molecule has 6 nitrogen and oxygen atoms in total. The van der Waals surface area contributed by atoms with E-state index in [0.29, 0.717) is 35.9 Å². The van der Waals surface area contributed by atoms with E-state index in [1.165, 1.54) is 25.3 Å². The average Bonchev–Trinajstić information content (AvgIpc) is 3.35. The first-order valence-corrected chi connectivity index (χ1v) is 10.8. The third kappa shape index (κ3) is 4.78. The zero-order valence-electron chi connectivity index (χ0n) is 19.4. The van der Waals surface area contributed by atoms with Crippen molar-refractivity contribution < 1.29 is 31.8 Å². The minimum atomic E-state index is -4.65. The van der Waals surface area contributed by atoms with Crippen LogP contribution in [-0.4, -0.2) is 67.6 Å². The van der Waals surface area contributed by atoms with E-state index >= 15 is 0 Å². The summed E-state index contributed by atoms with van der Waals surface area (Å²) in [6.07, 6.45) is -3.76. The molecule has 0 radical (unpaired) electrons. The van der Waals surface area contributed by atoms with E-state index in [4.69, 9.17) is 14.2 Å². The number of benzene rings is 1. The van der Waals surface area contributed by atoms with Gasteiger partial charge in [-0.1, -0.05) is 13.8 Å². The van der Waals surface area contributed by atoms with E-state index in [0.717, 1.165) is 6.20 Å². The van der Waals surface area contributed by atoms with Gasteiger partial charge in [-0.05, 0) is 12.1 Å². The second kappa shape index (κ2) is 10.2. The van der Waals surface area contributed by atoms with Crippen molar-refractivity contribution >= 4 is 21.8 Å². The summed E-state index contributed by atoms with van der Waals surface area (Å²) in [4.78, 5) is 5.68. The van der Waals surface area contributed by atoms with Gasteiger partial charge in [-0.2, -0.15) is 13.2 Å². The number of alkyl halides is 3. The van der Waals surface area contributed by atoms with Gasteiger partial charge in [0, 0.05) is 63.4 Å². The van der Waals surface area contributed by atoms with Crippen LogP contribution in [0.4, 0.5) is 17.6 Å². The minimum absolute atomic E-state index is 0.0295. The molecule has 1 saturated heterocycles. The molecule has 1 aliphatic rings. The van der Waals surface area contributed by atoms with Crippen LogP contribution in [0.5, 0.6) is 5.75 Å². The molecular formula is C23H29F4N3O3. The number of ether oxygens (including phenoxy) is 3. The lowest BCUT2D eigenvalue weighted by atomic mass is 10.1. The molecule has 3 heterocycles. The number of hydrogen-bond donors (Lipinski definition) is 0. The summed E-state index contributed by atoms with van der Waals surface area (Å²) in [5.74, 6) is -0.664. The van der Waals surface area contributed by atoms with Gasteiger partial charge in [-0.15, -0.1) is 0 Å². The Balaban J connectivity index is 0.00000149. The lowest BCUT2D eigenvalue weighted by Gasteiger charge is -2.18. The number of fused-ring (bicyclic) bond motifs is 3. The zero-order valence-corrected chi connectivity index (χ0v) is 19.4. The molecule has 3 aromatic rings. The molecule has 0 aliphatic carbocycles. The van der Waals surface area contributed by atoms with Crippen molar-refractivity contribution in [1.29, 1.82) is 0 Å². The summed E-state index contributed by atoms with van der Waals surface area (Å²) in [5.41, 5.74) is -0.604. The van der Waals surface area contributed by atoms with Gasteiger partial charge in [0.15, 0.2) is 17.3 Å². The monoisotopic (exact) mass is 471 g/mol. The number of halogens is 4. The van der Waals surface area contributed by atoms with E-state index in [-0.39, 0.29) is 30.0 Å². The fourth-order valence-corrected chi connectivity index (χ4v) is 4.34. The van der Waals surface area contributed by atoms with Crippen molar-refractivity contribution in [2.24, 2.45) is 0 Å². The smallest absolute Gasteiger partial charge is 0.435 e. The molecular weight excluding hydrogens is 442 g/mol. The molecule has 0 saturated carbocycles. The van der Waals surface area contributed by atoms with Crippen molar-refractivity contribution in [3.05, 3.63) is 35.9 Å². The highest BCUT2D eigenvalue weighted by atomic mass is 19.4. The van der Waals surface area contributed by atoms with Gasteiger partial charge in [0.2, 0.25) is 0 Å². The van der Waals surface area contributed by atoms with Crippen LogP contribution in [0.2, 0.25) is 0 Å². The molecule has 10 heteroatoms. The molecule has 182 valence electrons. The lowest BCUT2D eigenvalue weighted by Crippen LogP contribution is -2.27. The predicted octanol–water partition coefficient (Wildman–Crippen LogP) is 4.73. The highest BCUT2D eigenvalue weighted by Crippen LogP contribution is 2.39. The Morgan fingerprint density at radius 3 is 2.18 bits per heavy atom. The summed E-state index contributed by atoms with van der Waals surface area (Å²) < 4.78 is 73.2. The second-order valence-electron chi connectivity index (χ2n) is 7.52. The molecule has 2 unspecified atom stereocenters. The Bertz CT molecular complexity index is 1090. The normalized spacial score (nSPS) is 19.2. The molecule has 1 fully saturated rings. The van der Waals surface area contributed by atoms with Gasteiger partial charge < -0.3 is 18.8 Å². The van der Waals surface area contributed by atoms with E-state index < -0.39 is 17.7 Å². The number of nitrogens with zero attached hydrogens (tertiary/aromatic N) is 3. The van der Waals surface area contributed by atoms with Crippen molar-refractivity contribution in [3.8, 4) is 5.75 Å². The van der Waals surface area contributed by atoms with Crippen LogP contribution in [0.15, 0.2) is 24.4 Å². The van der Waals surface area contributed by atoms with Gasteiger partial charge >= 0.3 is 6.18 Å². The standard InChI is InChI=1S/C21H23F4N3O3.C2H6/c1-29-16-9-15-13(8-14(16)22)12-4-5-26-20(21(23,24)25)19(12)28(15)7-6-27-10-17(30-2)18(11-27)31-3;1-2/h4-5,8-9,17-18H,6-7,10-11H2,1-3H3;1-2H3. The van der Waals surface area contributed by atoms with Gasteiger partial charge in [0.05, 0.1) is 30.4 Å². The quantitative estimate of drug-likeness (QED) is 0.487. The highest BCUT2D eigenvalue weighted by Gasteiger charge is 2.37. The second-order valence-corrected chi connectivity index (χ2v) is 7.52. The first kappa shape index (κ1) is 25.2. The molecule has 1 aliphatic heterocycles. The van der Waals surface area contributed by atoms with Gasteiger partial charge in [-0.25, -0.2) is 9.37 Å². The highest BCUT2D eigenvalue weighted by molar-refractivity contribution is 6.09. The maximum Gasteiger partial charge on any atom is 0.435 e. The molecule has 0 N–H and O–H groups in total. The molecule has 0 amide bonds. The minimum Gasteiger partial charge on any atom is -0.494 e. The van der Waals surface area contributed by atoms with Crippen LogP contribution in [0, 0.1) is 5.82 Å². The van der Waals surface area contributed by atoms with Crippen LogP contribution in [0.1, 0.15) is 19.5 Å². The van der Waals surface area contributed by atoms with Crippen LogP contribution in [-0.2, 0) is 22.2 Å². The lowest BCUT2D eigenvalue weighted by molar-refractivity contribution is -0.140. The van der Waals surface area contributed by atoms with E-state index in [9.17, 15) is 17.6 Å². The van der Waals surface area contributed by atoms with Crippen molar-refractivity contribution in [2.45, 2.75) is 38.8 Å². The van der Waals surface area contributed by atoms with Gasteiger partial charge in [0.1, 0.15) is 0 Å². The van der Waals surface area contributed by atoms with E-state index in [1.54, 1.807) is 18.8 Å². The number of likely N-dealkylation sites (tertiary alicyclic amines) is 1. The Morgan fingerprint density at radius 1 is 1.00 bits per heavy atom. The number of rotatable bonds is 6. The van der Waals surface area contributed by atoms with Crippen LogP contribution in [0.3, 0.4) is 0 Å². The number of pyridine rings is 1. The first-order valence-electron chi connectivity index (χ1n) is 10.8. The third-order valence-corrected chi connectivity index (χ3v) is 5.85. The number of hydrogen-bond acceptors (Lipinski definition) is 5. The summed E-state index contributed by atoms with van der Waals surface area (Å²) in [5, 5.41) is 0.678. The van der Waals surface area contributed by atoms with E-state index in [2.05, 4.69) is 9.88 Å². The molecule has 2 aromatic heterocycles. The van der Waals surface area contributed by atoms with Gasteiger partial charge in [-0.3, -0.25) is 4.90 Å². The summed E-state index contributed by atoms with van der Waals surface area (Å²) in [6, 6.07) is 4.13. The molecule has 4 rings (SSSR count). The number of methoxy groups -OCH3 is 3. The molecule has 0 spiro atoms. The zero-order chi connectivity index (χ0) is 24.3. The Morgan fingerprint density at radius 2 is 1.64 bits per heavy atom. The maximum absolute atomic E-state index is 14.4. The SMILES string of the molecule is CC.COc1cc2c(cc1F)c1ccnc(C(F)(F)F)c1n2CCN1CC(OC)C(OC)C1. The van der Waals surface area contributed by atoms with E-state index in [1.807, 2.05) is 13.8 Å².